The first kappa shape index (κ1) is 21.7. The topological polar surface area (TPSA) is 65.8 Å². The lowest BCUT2D eigenvalue weighted by Gasteiger charge is -2.23. The summed E-state index contributed by atoms with van der Waals surface area (Å²) in [4.78, 5) is 24.6. The number of ether oxygens (including phenoxy) is 2. The highest BCUT2D eigenvalue weighted by Gasteiger charge is 2.22. The molecule has 0 bridgehead atoms. The van der Waals surface area contributed by atoms with Crippen molar-refractivity contribution in [3.8, 4) is 22.8 Å². The van der Waals surface area contributed by atoms with Crippen LogP contribution in [0.2, 0.25) is 0 Å². The van der Waals surface area contributed by atoms with Gasteiger partial charge in [0.25, 0.3) is 0 Å². The third-order valence-electron chi connectivity index (χ3n) is 5.85. The average molecular weight is 461 g/mol. The van der Waals surface area contributed by atoms with E-state index in [-0.39, 0.29) is 5.78 Å². The van der Waals surface area contributed by atoms with Crippen LogP contribution >= 0.6 is 11.3 Å². The number of fused-ring (bicyclic) bond motifs is 1. The maximum Gasteiger partial charge on any atom is 0.232 e. The Morgan fingerprint density at radius 2 is 1.82 bits per heavy atom. The number of aromatic nitrogens is 2. The molecule has 0 aliphatic carbocycles. The number of nitrogens with one attached hydrogen (secondary N) is 1. The Labute approximate surface area is 196 Å². The molecule has 0 atom stereocenters. The van der Waals surface area contributed by atoms with E-state index in [1.165, 1.54) is 4.90 Å². The van der Waals surface area contributed by atoms with Gasteiger partial charge in [0.2, 0.25) is 5.88 Å². The van der Waals surface area contributed by atoms with Gasteiger partial charge in [0.15, 0.2) is 11.6 Å². The normalized spacial score (nSPS) is 14.5. The molecule has 2 aromatic heterocycles. The minimum atomic E-state index is 0.0440. The number of carbonyl (C=O) groups is 1. The predicted octanol–water partition coefficient (Wildman–Crippen LogP) is 4.16. The molecule has 1 fully saturated rings. The average Bonchev–Trinajstić information content (AvgIpc) is 3.29. The Morgan fingerprint density at radius 3 is 2.61 bits per heavy atom. The molecule has 0 unspecified atom stereocenters. The van der Waals surface area contributed by atoms with Gasteiger partial charge in [-0.15, -0.1) is 11.3 Å². The quantitative estimate of drug-likeness (QED) is 0.420. The van der Waals surface area contributed by atoms with Crippen LogP contribution in [0.5, 0.6) is 11.6 Å². The van der Waals surface area contributed by atoms with Crippen molar-refractivity contribution in [1.82, 2.24) is 9.97 Å². The molecule has 0 spiro atoms. The summed E-state index contributed by atoms with van der Waals surface area (Å²) in [5.41, 5.74) is 2.69. The number of nitrogens with zero attached hydrogens (tertiary/aromatic N) is 2. The minimum absolute atomic E-state index is 0.0440. The molecule has 4 aromatic rings. The molecule has 0 amide bonds. The second-order valence-corrected chi connectivity index (χ2v) is 8.91. The third kappa shape index (κ3) is 4.66. The monoisotopic (exact) mass is 460 g/mol. The number of para-hydroxylation sites is 1. The van der Waals surface area contributed by atoms with Gasteiger partial charge in [-0.3, -0.25) is 4.79 Å². The van der Waals surface area contributed by atoms with Crippen molar-refractivity contribution < 1.29 is 19.2 Å². The van der Waals surface area contributed by atoms with E-state index in [0.717, 1.165) is 53.5 Å². The Balaban J connectivity index is 1.61. The van der Waals surface area contributed by atoms with Crippen molar-refractivity contribution in [1.29, 1.82) is 0 Å². The van der Waals surface area contributed by atoms with E-state index in [2.05, 4.69) is 17.5 Å². The lowest BCUT2D eigenvalue weighted by atomic mass is 10.1. The highest BCUT2D eigenvalue weighted by atomic mass is 32.1. The first-order valence-electron chi connectivity index (χ1n) is 11.3. The maximum absolute atomic E-state index is 12.5. The summed E-state index contributed by atoms with van der Waals surface area (Å²) in [7, 11) is 0. The molecular weight excluding hydrogens is 434 g/mol. The second kappa shape index (κ2) is 9.79. The number of hydrogen-bond acceptors (Lipinski definition) is 6. The predicted molar refractivity (Wildman–Crippen MR) is 129 cm³/mol. The van der Waals surface area contributed by atoms with Crippen LogP contribution in [-0.2, 0) is 11.3 Å². The van der Waals surface area contributed by atoms with Crippen molar-refractivity contribution in [2.45, 2.75) is 19.9 Å². The van der Waals surface area contributed by atoms with E-state index >= 15 is 0 Å². The lowest BCUT2D eigenvalue weighted by molar-refractivity contribution is -0.922. The van der Waals surface area contributed by atoms with Gasteiger partial charge in [-0.25, -0.2) is 4.98 Å². The molecule has 5 rings (SSSR count). The van der Waals surface area contributed by atoms with Gasteiger partial charge in [-0.05, 0) is 17.7 Å². The summed E-state index contributed by atoms with van der Waals surface area (Å²) < 4.78 is 11.9. The van der Waals surface area contributed by atoms with Crippen molar-refractivity contribution in [3.05, 3.63) is 71.4 Å². The largest absolute Gasteiger partial charge is 0.437 e. The van der Waals surface area contributed by atoms with Gasteiger partial charge >= 0.3 is 0 Å². The summed E-state index contributed by atoms with van der Waals surface area (Å²) >= 11 is 1.59. The number of thiophene rings is 1. The van der Waals surface area contributed by atoms with E-state index in [1.807, 2.05) is 49.4 Å². The number of Topliss-reactive ketones (excluding diaryl/α,β-unsaturated/α-hetero) is 1. The fourth-order valence-electron chi connectivity index (χ4n) is 4.08. The van der Waals surface area contributed by atoms with E-state index < -0.39 is 0 Å². The Hall–Kier alpha value is -3.13. The van der Waals surface area contributed by atoms with Crippen LogP contribution in [0, 0.1) is 0 Å². The summed E-state index contributed by atoms with van der Waals surface area (Å²) in [5.74, 6) is 1.82. The van der Waals surface area contributed by atoms with Gasteiger partial charge in [0, 0.05) is 17.4 Å². The van der Waals surface area contributed by atoms with E-state index in [4.69, 9.17) is 19.4 Å². The minimum Gasteiger partial charge on any atom is -0.437 e. The van der Waals surface area contributed by atoms with Crippen LogP contribution in [0.4, 0.5) is 0 Å². The smallest absolute Gasteiger partial charge is 0.232 e. The molecule has 6 nitrogen and oxygen atoms in total. The molecular formula is C26H26N3O3S+. The number of rotatable bonds is 7. The summed E-state index contributed by atoms with van der Waals surface area (Å²) in [5, 5.41) is 2.99. The Kier molecular flexibility index (Phi) is 6.44. The molecule has 1 aliphatic rings. The second-order valence-electron chi connectivity index (χ2n) is 8.05. The van der Waals surface area contributed by atoms with Crippen LogP contribution in [0.1, 0.15) is 29.5 Å². The molecule has 1 N–H and O–H groups in total. The first-order chi connectivity index (χ1) is 16.2. The zero-order valence-corrected chi connectivity index (χ0v) is 19.4. The zero-order chi connectivity index (χ0) is 22.6. The number of carbonyl (C=O) groups excluding carboxylic acids is 1. The molecule has 0 radical (unpaired) electrons. The number of quaternary nitrogens is 1. The van der Waals surface area contributed by atoms with Crippen molar-refractivity contribution in [2.24, 2.45) is 0 Å². The van der Waals surface area contributed by atoms with Crippen LogP contribution in [0.3, 0.4) is 0 Å². The molecule has 7 heteroatoms. The summed E-state index contributed by atoms with van der Waals surface area (Å²) in [6, 6.07) is 17.6. The molecule has 1 saturated heterocycles. The number of benzene rings is 2. The van der Waals surface area contributed by atoms with Crippen molar-refractivity contribution in [2.75, 3.05) is 26.3 Å². The van der Waals surface area contributed by atoms with E-state index in [1.54, 1.807) is 11.3 Å². The van der Waals surface area contributed by atoms with Gasteiger partial charge in [-0.2, -0.15) is 4.98 Å². The number of morpholine rings is 1. The molecule has 3 heterocycles. The van der Waals surface area contributed by atoms with Crippen LogP contribution in [0.15, 0.2) is 60.0 Å². The van der Waals surface area contributed by atoms with Crippen LogP contribution in [-0.4, -0.2) is 42.1 Å². The summed E-state index contributed by atoms with van der Waals surface area (Å²) in [6.07, 6.45) is 0.416. The molecule has 168 valence electrons. The van der Waals surface area contributed by atoms with Crippen LogP contribution in [0.25, 0.3) is 21.3 Å². The standard InChI is InChI=1S/C26H25N3O3S/c1-2-21(30)19-10-6-7-11-22(19)32-25-24-20(18-8-4-3-5-9-18)17-33-26(24)28-23(27-25)16-29-12-14-31-15-13-29/h3-11,17H,2,12-16H2,1H3/p+1. The lowest BCUT2D eigenvalue weighted by Crippen LogP contribution is -3.12. The van der Waals surface area contributed by atoms with Crippen LogP contribution < -0.4 is 9.64 Å². The van der Waals surface area contributed by atoms with E-state index in [9.17, 15) is 4.79 Å². The van der Waals surface area contributed by atoms with E-state index in [0.29, 0.717) is 30.2 Å². The SMILES string of the molecule is CCC(=O)c1ccccc1Oc1nc(C[NH+]2CCOCC2)nc2scc(-c3ccccc3)c12. The van der Waals surface area contributed by atoms with Crippen molar-refractivity contribution in [3.63, 3.8) is 0 Å². The Bertz CT molecular complexity index is 1270. The van der Waals surface area contributed by atoms with Gasteiger partial charge in [0.1, 0.15) is 30.2 Å². The van der Waals surface area contributed by atoms with Gasteiger partial charge in [-0.1, -0.05) is 49.4 Å². The summed E-state index contributed by atoms with van der Waals surface area (Å²) in [6.45, 7) is 5.95. The highest BCUT2D eigenvalue weighted by molar-refractivity contribution is 7.17. The molecule has 33 heavy (non-hydrogen) atoms. The fourth-order valence-corrected chi connectivity index (χ4v) is 5.03. The molecule has 1 aliphatic heterocycles. The third-order valence-corrected chi connectivity index (χ3v) is 6.73. The van der Waals surface area contributed by atoms with Gasteiger partial charge in [0.05, 0.1) is 24.2 Å². The van der Waals surface area contributed by atoms with Crippen molar-refractivity contribution >= 4 is 27.3 Å². The first-order valence-corrected chi connectivity index (χ1v) is 12.2. The Morgan fingerprint density at radius 1 is 1.06 bits per heavy atom. The molecule has 2 aromatic carbocycles. The molecule has 0 saturated carbocycles. The van der Waals surface area contributed by atoms with Gasteiger partial charge < -0.3 is 14.4 Å². The zero-order valence-electron chi connectivity index (χ0n) is 18.5. The maximum atomic E-state index is 12.5. The number of ketones is 1. The number of hydrogen-bond donors (Lipinski definition) is 1. The highest BCUT2D eigenvalue weighted by Crippen LogP contribution is 2.40. The fraction of sp³-hybridized carbons (Fsp3) is 0.269.